The second-order valence-corrected chi connectivity index (χ2v) is 5.74. The second kappa shape index (κ2) is 6.92. The van der Waals surface area contributed by atoms with Crippen LogP contribution in [0.3, 0.4) is 0 Å². The van der Waals surface area contributed by atoms with E-state index in [1.54, 1.807) is 12.1 Å². The van der Waals surface area contributed by atoms with E-state index in [9.17, 15) is 4.39 Å². The summed E-state index contributed by atoms with van der Waals surface area (Å²) in [5.74, 6) is 0.708. The van der Waals surface area contributed by atoms with Gasteiger partial charge in [0.1, 0.15) is 11.6 Å². The zero-order chi connectivity index (χ0) is 16.2. The molecule has 0 atom stereocenters. The summed E-state index contributed by atoms with van der Waals surface area (Å²) in [7, 11) is 0. The molecule has 0 aliphatic carbocycles. The van der Waals surface area contributed by atoms with Crippen LogP contribution in [0.15, 0.2) is 42.5 Å². The highest BCUT2D eigenvalue weighted by Crippen LogP contribution is 2.24. The van der Waals surface area contributed by atoms with E-state index in [1.807, 2.05) is 28.8 Å². The number of rotatable bonds is 6. The molecule has 23 heavy (non-hydrogen) atoms. The van der Waals surface area contributed by atoms with Crippen molar-refractivity contribution in [2.45, 2.75) is 32.6 Å². The Bertz CT molecular complexity index is 793. The van der Waals surface area contributed by atoms with Crippen LogP contribution in [0.4, 0.5) is 4.39 Å². The number of aryl methyl sites for hydroxylation is 1. The van der Waals surface area contributed by atoms with Gasteiger partial charge in [-0.05, 0) is 42.7 Å². The molecule has 120 valence electrons. The van der Waals surface area contributed by atoms with Gasteiger partial charge in [-0.3, -0.25) is 4.57 Å². The van der Waals surface area contributed by atoms with Gasteiger partial charge in [0.15, 0.2) is 0 Å². The number of halogens is 1. The topological polar surface area (TPSA) is 38.0 Å². The summed E-state index contributed by atoms with van der Waals surface area (Å²) in [6.07, 6.45) is 3.65. The van der Waals surface area contributed by atoms with Crippen molar-refractivity contribution in [3.8, 4) is 5.69 Å². The number of aromatic nitrogens is 2. The molecule has 0 unspecified atom stereocenters. The number of imidazole rings is 1. The van der Waals surface area contributed by atoms with Gasteiger partial charge in [-0.25, -0.2) is 9.37 Å². The van der Waals surface area contributed by atoms with Crippen molar-refractivity contribution < 1.29 is 9.50 Å². The van der Waals surface area contributed by atoms with E-state index in [4.69, 9.17) is 5.11 Å². The van der Waals surface area contributed by atoms with E-state index < -0.39 is 0 Å². The zero-order valence-electron chi connectivity index (χ0n) is 13.3. The Balaban J connectivity index is 2.10. The van der Waals surface area contributed by atoms with Crippen LogP contribution in [0.2, 0.25) is 0 Å². The van der Waals surface area contributed by atoms with Crippen LogP contribution in [0.25, 0.3) is 16.7 Å². The van der Waals surface area contributed by atoms with Gasteiger partial charge in [0.2, 0.25) is 0 Å². The third kappa shape index (κ3) is 3.27. The van der Waals surface area contributed by atoms with Gasteiger partial charge in [-0.15, -0.1) is 0 Å². The standard InChI is InChI=1S/C19H21FN2O/c1-2-3-4-19-21-17-10-7-15(20)13-18(17)22(19)16-8-5-14(6-9-16)11-12-23/h5-10,13,23H,2-4,11-12H2,1H3. The smallest absolute Gasteiger partial charge is 0.125 e. The van der Waals surface area contributed by atoms with Gasteiger partial charge in [-0.2, -0.15) is 0 Å². The lowest BCUT2D eigenvalue weighted by molar-refractivity contribution is 0.299. The molecule has 0 saturated carbocycles. The molecular formula is C19H21FN2O. The molecule has 0 bridgehead atoms. The van der Waals surface area contributed by atoms with Gasteiger partial charge in [0, 0.05) is 24.8 Å². The molecule has 1 aromatic heterocycles. The SMILES string of the molecule is CCCCc1nc2ccc(F)cc2n1-c1ccc(CCO)cc1. The number of hydrogen-bond acceptors (Lipinski definition) is 2. The van der Waals surface area contributed by atoms with Crippen LogP contribution < -0.4 is 0 Å². The molecule has 4 heteroatoms. The Morgan fingerprint density at radius 3 is 2.57 bits per heavy atom. The highest BCUT2D eigenvalue weighted by atomic mass is 19.1. The summed E-state index contributed by atoms with van der Waals surface area (Å²) in [4.78, 5) is 4.68. The number of aliphatic hydroxyl groups excluding tert-OH is 1. The summed E-state index contributed by atoms with van der Waals surface area (Å²) in [5.41, 5.74) is 3.68. The summed E-state index contributed by atoms with van der Waals surface area (Å²) in [5, 5.41) is 9.03. The molecule has 0 saturated heterocycles. The van der Waals surface area contributed by atoms with E-state index in [0.717, 1.165) is 47.4 Å². The van der Waals surface area contributed by atoms with Gasteiger partial charge in [-0.1, -0.05) is 25.5 Å². The van der Waals surface area contributed by atoms with E-state index in [-0.39, 0.29) is 12.4 Å². The minimum Gasteiger partial charge on any atom is -0.396 e. The van der Waals surface area contributed by atoms with Crippen molar-refractivity contribution in [1.29, 1.82) is 0 Å². The summed E-state index contributed by atoms with van der Waals surface area (Å²) in [6, 6.07) is 12.7. The zero-order valence-corrected chi connectivity index (χ0v) is 13.3. The number of nitrogens with zero attached hydrogens (tertiary/aromatic N) is 2. The molecular weight excluding hydrogens is 291 g/mol. The van der Waals surface area contributed by atoms with E-state index in [2.05, 4.69) is 11.9 Å². The molecule has 0 spiro atoms. The first-order chi connectivity index (χ1) is 11.2. The van der Waals surface area contributed by atoms with Crippen LogP contribution in [0.5, 0.6) is 0 Å². The molecule has 1 N–H and O–H groups in total. The Hall–Kier alpha value is -2.20. The molecule has 2 aromatic carbocycles. The third-order valence-corrected chi connectivity index (χ3v) is 4.03. The monoisotopic (exact) mass is 312 g/mol. The largest absolute Gasteiger partial charge is 0.396 e. The van der Waals surface area contributed by atoms with Gasteiger partial charge >= 0.3 is 0 Å². The maximum absolute atomic E-state index is 13.7. The van der Waals surface area contributed by atoms with Crippen molar-refractivity contribution in [2.24, 2.45) is 0 Å². The van der Waals surface area contributed by atoms with Crippen molar-refractivity contribution >= 4 is 11.0 Å². The summed E-state index contributed by atoms with van der Waals surface area (Å²) >= 11 is 0. The minimum absolute atomic E-state index is 0.139. The van der Waals surface area contributed by atoms with Crippen LogP contribution in [0.1, 0.15) is 31.2 Å². The predicted octanol–water partition coefficient (Wildman–Crippen LogP) is 4.04. The number of unbranched alkanes of at least 4 members (excludes halogenated alkanes) is 1. The summed E-state index contributed by atoms with van der Waals surface area (Å²) < 4.78 is 15.7. The average Bonchev–Trinajstić information content (AvgIpc) is 2.91. The summed E-state index contributed by atoms with van der Waals surface area (Å²) in [6.45, 7) is 2.29. The Kier molecular flexibility index (Phi) is 4.72. The van der Waals surface area contributed by atoms with Gasteiger partial charge in [0.05, 0.1) is 11.0 Å². The first-order valence-electron chi connectivity index (χ1n) is 8.10. The first kappa shape index (κ1) is 15.7. The van der Waals surface area contributed by atoms with E-state index in [0.29, 0.717) is 6.42 Å². The van der Waals surface area contributed by atoms with Gasteiger partial charge in [0.25, 0.3) is 0 Å². The van der Waals surface area contributed by atoms with E-state index >= 15 is 0 Å². The third-order valence-electron chi connectivity index (χ3n) is 4.03. The minimum atomic E-state index is -0.252. The van der Waals surface area contributed by atoms with Crippen LogP contribution in [-0.4, -0.2) is 21.3 Å². The predicted molar refractivity (Wildman–Crippen MR) is 90.4 cm³/mol. The molecule has 1 heterocycles. The number of hydrogen-bond donors (Lipinski definition) is 1. The number of fused-ring (bicyclic) bond motifs is 1. The number of benzene rings is 2. The fourth-order valence-electron chi connectivity index (χ4n) is 2.83. The normalized spacial score (nSPS) is 11.3. The second-order valence-electron chi connectivity index (χ2n) is 5.74. The maximum atomic E-state index is 13.7. The molecule has 0 radical (unpaired) electrons. The van der Waals surface area contributed by atoms with Crippen LogP contribution >= 0.6 is 0 Å². The van der Waals surface area contributed by atoms with Crippen LogP contribution in [0, 0.1) is 5.82 Å². The fourth-order valence-corrected chi connectivity index (χ4v) is 2.83. The molecule has 3 nitrogen and oxygen atoms in total. The van der Waals surface area contributed by atoms with Crippen molar-refractivity contribution in [2.75, 3.05) is 6.61 Å². The molecule has 0 aliphatic rings. The fraction of sp³-hybridized carbons (Fsp3) is 0.316. The Morgan fingerprint density at radius 1 is 1.09 bits per heavy atom. The molecule has 3 aromatic rings. The lowest BCUT2D eigenvalue weighted by Gasteiger charge is -2.10. The van der Waals surface area contributed by atoms with Crippen LogP contribution in [-0.2, 0) is 12.8 Å². The van der Waals surface area contributed by atoms with Crippen molar-refractivity contribution in [3.05, 3.63) is 59.7 Å². The lowest BCUT2D eigenvalue weighted by atomic mass is 10.1. The number of aliphatic hydroxyl groups is 1. The molecule has 0 aliphatic heterocycles. The molecule has 3 rings (SSSR count). The highest BCUT2D eigenvalue weighted by molar-refractivity contribution is 5.78. The lowest BCUT2D eigenvalue weighted by Crippen LogP contribution is -2.02. The molecule has 0 fully saturated rings. The first-order valence-corrected chi connectivity index (χ1v) is 8.10. The Morgan fingerprint density at radius 2 is 1.87 bits per heavy atom. The van der Waals surface area contributed by atoms with Crippen molar-refractivity contribution in [3.63, 3.8) is 0 Å². The van der Waals surface area contributed by atoms with Gasteiger partial charge < -0.3 is 5.11 Å². The maximum Gasteiger partial charge on any atom is 0.125 e. The Labute approximate surface area is 135 Å². The van der Waals surface area contributed by atoms with E-state index in [1.165, 1.54) is 6.07 Å². The molecule has 0 amide bonds. The quantitative estimate of drug-likeness (QED) is 0.746. The average molecular weight is 312 g/mol. The highest BCUT2D eigenvalue weighted by Gasteiger charge is 2.13. The van der Waals surface area contributed by atoms with Crippen molar-refractivity contribution in [1.82, 2.24) is 9.55 Å².